The van der Waals surface area contributed by atoms with Crippen molar-refractivity contribution < 1.29 is 0 Å². The smallest absolute Gasteiger partial charge is 0.0331 e. The van der Waals surface area contributed by atoms with E-state index in [1.54, 1.807) is 0 Å². The zero-order chi connectivity index (χ0) is 10.0. The molecule has 1 atom stereocenters. The molecule has 1 aromatic heterocycles. The van der Waals surface area contributed by atoms with Crippen LogP contribution in [0.4, 0.5) is 0 Å². The summed E-state index contributed by atoms with van der Waals surface area (Å²) >= 11 is 7.48. The second kappa shape index (κ2) is 4.56. The van der Waals surface area contributed by atoms with Crippen LogP contribution in [0, 0.1) is 0 Å². The minimum absolute atomic E-state index is 0.327. The highest BCUT2D eigenvalue weighted by atomic mass is 79.9. The van der Waals surface area contributed by atoms with Gasteiger partial charge in [0.2, 0.25) is 0 Å². The number of nitrogens with two attached hydrogens (primary N) is 1. The van der Waals surface area contributed by atoms with Gasteiger partial charge in [0.1, 0.15) is 0 Å². The van der Waals surface area contributed by atoms with E-state index in [4.69, 9.17) is 5.73 Å². The summed E-state index contributed by atoms with van der Waals surface area (Å²) in [7, 11) is 0. The van der Waals surface area contributed by atoms with E-state index in [9.17, 15) is 0 Å². The van der Waals surface area contributed by atoms with Gasteiger partial charge >= 0.3 is 0 Å². The van der Waals surface area contributed by atoms with Gasteiger partial charge < -0.3 is 5.73 Å². The predicted octanol–water partition coefficient (Wildman–Crippen LogP) is 3.28. The molecular weight excluding hydrogens is 278 g/mol. The van der Waals surface area contributed by atoms with Crippen molar-refractivity contribution in [2.75, 3.05) is 12.3 Å². The monoisotopic (exact) mass is 291 g/mol. The molecule has 1 aromatic rings. The van der Waals surface area contributed by atoms with Gasteiger partial charge in [-0.1, -0.05) is 0 Å². The minimum Gasteiger partial charge on any atom is -0.329 e. The first kappa shape index (κ1) is 11.0. The lowest BCUT2D eigenvalue weighted by atomic mass is 9.98. The fraction of sp³-hybridized carbons (Fsp3) is 0.600. The second-order valence-electron chi connectivity index (χ2n) is 3.71. The molecule has 0 spiro atoms. The van der Waals surface area contributed by atoms with Gasteiger partial charge in [0, 0.05) is 20.6 Å². The van der Waals surface area contributed by atoms with Gasteiger partial charge in [-0.3, -0.25) is 0 Å². The molecule has 78 valence electrons. The predicted molar refractivity (Wildman–Crippen MR) is 69.2 cm³/mol. The van der Waals surface area contributed by atoms with Crippen molar-refractivity contribution in [3.05, 3.63) is 20.8 Å². The third-order valence-electron chi connectivity index (χ3n) is 2.73. The molecule has 0 aliphatic carbocycles. The van der Waals surface area contributed by atoms with Crippen LogP contribution in [0.2, 0.25) is 0 Å². The van der Waals surface area contributed by atoms with Gasteiger partial charge in [0.05, 0.1) is 0 Å². The molecule has 2 N–H and O–H groups in total. The first-order valence-corrected chi connectivity index (χ1v) is 7.47. The largest absolute Gasteiger partial charge is 0.329 e. The summed E-state index contributed by atoms with van der Waals surface area (Å²) < 4.78 is 1.58. The summed E-state index contributed by atoms with van der Waals surface area (Å²) in [6, 6.07) is 2.13. The Morgan fingerprint density at radius 2 is 2.43 bits per heavy atom. The van der Waals surface area contributed by atoms with E-state index >= 15 is 0 Å². The lowest BCUT2D eigenvalue weighted by Crippen LogP contribution is -2.33. The summed E-state index contributed by atoms with van der Waals surface area (Å²) in [6.07, 6.45) is 3.73. The molecule has 0 amide bonds. The first-order chi connectivity index (χ1) is 6.76. The number of hydrogen-bond acceptors (Lipinski definition) is 3. The molecule has 1 fully saturated rings. The van der Waals surface area contributed by atoms with Crippen molar-refractivity contribution >= 4 is 39.0 Å². The van der Waals surface area contributed by atoms with Crippen molar-refractivity contribution in [1.82, 2.24) is 0 Å². The van der Waals surface area contributed by atoms with Crippen molar-refractivity contribution in [2.45, 2.75) is 24.0 Å². The van der Waals surface area contributed by atoms with E-state index in [0.717, 1.165) is 13.0 Å². The summed E-state index contributed by atoms with van der Waals surface area (Å²) in [5.41, 5.74) is 5.90. The molecule has 1 aliphatic heterocycles. The Hall–Kier alpha value is 0.490. The maximum atomic E-state index is 5.90. The van der Waals surface area contributed by atoms with Crippen molar-refractivity contribution in [3.63, 3.8) is 0 Å². The zero-order valence-electron chi connectivity index (χ0n) is 7.96. The zero-order valence-corrected chi connectivity index (χ0v) is 11.2. The van der Waals surface area contributed by atoms with Crippen LogP contribution in [0.25, 0.3) is 0 Å². The molecule has 0 radical (unpaired) electrons. The molecule has 2 heterocycles. The maximum absolute atomic E-state index is 5.90. The van der Waals surface area contributed by atoms with Crippen LogP contribution in [-0.2, 0) is 6.42 Å². The maximum Gasteiger partial charge on any atom is 0.0331 e. The molecule has 1 aliphatic rings. The number of thiophene rings is 1. The van der Waals surface area contributed by atoms with Crippen LogP contribution in [0.1, 0.15) is 17.7 Å². The van der Waals surface area contributed by atoms with Crippen LogP contribution < -0.4 is 5.73 Å². The van der Waals surface area contributed by atoms with E-state index in [-0.39, 0.29) is 0 Å². The Morgan fingerprint density at radius 3 is 2.93 bits per heavy atom. The molecular formula is C10H14BrNS2. The van der Waals surface area contributed by atoms with Gasteiger partial charge in [0.25, 0.3) is 0 Å². The molecule has 0 aromatic carbocycles. The van der Waals surface area contributed by atoms with Crippen LogP contribution >= 0.6 is 39.0 Å². The van der Waals surface area contributed by atoms with Crippen molar-refractivity contribution in [1.29, 1.82) is 0 Å². The van der Waals surface area contributed by atoms with Gasteiger partial charge in [-0.2, -0.15) is 11.8 Å². The Labute approximate surface area is 102 Å². The average molecular weight is 292 g/mol. The average Bonchev–Trinajstić information content (AvgIpc) is 2.79. The number of halogens is 1. The van der Waals surface area contributed by atoms with Gasteiger partial charge in [-0.25, -0.2) is 0 Å². The van der Waals surface area contributed by atoms with Gasteiger partial charge in [-0.05, 0) is 52.4 Å². The van der Waals surface area contributed by atoms with E-state index in [1.807, 2.05) is 11.3 Å². The van der Waals surface area contributed by atoms with Gasteiger partial charge in [0.15, 0.2) is 0 Å². The Balaban J connectivity index is 2.12. The van der Waals surface area contributed by atoms with Crippen LogP contribution in [0.3, 0.4) is 0 Å². The van der Waals surface area contributed by atoms with Crippen molar-refractivity contribution in [2.24, 2.45) is 5.73 Å². The number of hydrogen-bond donors (Lipinski definition) is 1. The van der Waals surface area contributed by atoms with E-state index < -0.39 is 0 Å². The van der Waals surface area contributed by atoms with E-state index in [0.29, 0.717) is 4.75 Å². The molecule has 1 nitrogen and oxygen atoms in total. The topological polar surface area (TPSA) is 26.0 Å². The van der Waals surface area contributed by atoms with Crippen LogP contribution in [0.5, 0.6) is 0 Å². The Kier molecular flexibility index (Phi) is 3.58. The van der Waals surface area contributed by atoms with Crippen molar-refractivity contribution in [3.8, 4) is 0 Å². The lowest BCUT2D eigenvalue weighted by Gasteiger charge is -2.25. The van der Waals surface area contributed by atoms with Crippen LogP contribution in [0.15, 0.2) is 15.9 Å². The normalized spacial score (nSPS) is 27.0. The minimum atomic E-state index is 0.327. The molecule has 14 heavy (non-hydrogen) atoms. The summed E-state index contributed by atoms with van der Waals surface area (Å²) in [5.74, 6) is 1.28. The third kappa shape index (κ3) is 2.18. The molecule has 1 saturated heterocycles. The standard InChI is InChI=1S/C10H14BrNS2/c11-8-2-5-13-9(8)6-10(7-12)3-1-4-14-10/h2,5H,1,3-4,6-7,12H2. The SMILES string of the molecule is NCC1(Cc2sccc2Br)CCCS1. The summed E-state index contributed by atoms with van der Waals surface area (Å²) in [5, 5.41) is 2.14. The Bertz CT molecular complexity index is 305. The van der Waals surface area contributed by atoms with E-state index in [2.05, 4.69) is 39.1 Å². The third-order valence-corrected chi connectivity index (χ3v) is 6.28. The Morgan fingerprint density at radius 1 is 1.57 bits per heavy atom. The molecule has 1 unspecified atom stereocenters. The van der Waals surface area contributed by atoms with Crippen LogP contribution in [-0.4, -0.2) is 17.0 Å². The summed E-state index contributed by atoms with van der Waals surface area (Å²) in [4.78, 5) is 1.45. The second-order valence-corrected chi connectivity index (χ2v) is 7.13. The molecule has 4 heteroatoms. The highest BCUT2D eigenvalue weighted by Gasteiger charge is 2.34. The summed E-state index contributed by atoms with van der Waals surface area (Å²) in [6.45, 7) is 0.808. The highest BCUT2D eigenvalue weighted by molar-refractivity contribution is 9.10. The number of thioether (sulfide) groups is 1. The molecule has 0 bridgehead atoms. The lowest BCUT2D eigenvalue weighted by molar-refractivity contribution is 0.568. The molecule has 2 rings (SSSR count). The first-order valence-electron chi connectivity index (χ1n) is 4.82. The fourth-order valence-electron chi connectivity index (χ4n) is 1.87. The quantitative estimate of drug-likeness (QED) is 0.925. The number of rotatable bonds is 3. The van der Waals surface area contributed by atoms with E-state index in [1.165, 1.54) is 27.9 Å². The highest BCUT2D eigenvalue weighted by Crippen LogP contribution is 2.42. The fourth-order valence-corrected chi connectivity index (χ4v) is 4.97. The van der Waals surface area contributed by atoms with Gasteiger partial charge in [-0.15, -0.1) is 11.3 Å². The molecule has 0 saturated carbocycles.